The molecule has 1 aromatic heterocycles. The zero-order chi connectivity index (χ0) is 16.8. The minimum atomic E-state index is -0.406. The summed E-state index contributed by atoms with van der Waals surface area (Å²) in [5, 5.41) is 11.9. The van der Waals surface area contributed by atoms with Crippen LogP contribution in [0.3, 0.4) is 0 Å². The average molecular weight is 335 g/mol. The molecule has 0 radical (unpaired) electrons. The van der Waals surface area contributed by atoms with Crippen molar-refractivity contribution in [2.24, 2.45) is 0 Å². The number of hydrogen-bond acceptors (Lipinski definition) is 5. The van der Waals surface area contributed by atoms with Gasteiger partial charge in [0.15, 0.2) is 0 Å². The molecule has 0 saturated heterocycles. The molecular weight excluding hydrogens is 316 g/mol. The van der Waals surface area contributed by atoms with Gasteiger partial charge in [-0.15, -0.1) is 0 Å². The van der Waals surface area contributed by atoms with Crippen LogP contribution in [0.2, 0.25) is 5.02 Å². The van der Waals surface area contributed by atoms with Gasteiger partial charge in [-0.1, -0.05) is 11.6 Å². The summed E-state index contributed by atoms with van der Waals surface area (Å²) >= 11 is 5.94. The van der Waals surface area contributed by atoms with E-state index in [-0.39, 0.29) is 5.69 Å². The molecule has 2 aromatic rings. The third kappa shape index (κ3) is 4.64. The number of nitro groups is 1. The fraction of sp³-hybridized carbons (Fsp3) is 0.312. The first-order chi connectivity index (χ1) is 11.0. The van der Waals surface area contributed by atoms with E-state index in [0.717, 1.165) is 18.7 Å². The molecule has 2 rings (SSSR count). The van der Waals surface area contributed by atoms with Gasteiger partial charge in [0.2, 0.25) is 5.82 Å². The van der Waals surface area contributed by atoms with E-state index < -0.39 is 4.92 Å². The topological polar surface area (TPSA) is 62.5 Å². The quantitative estimate of drug-likeness (QED) is 0.570. The second-order valence-electron chi connectivity index (χ2n) is 5.39. The predicted molar refractivity (Wildman–Crippen MR) is 92.5 cm³/mol. The van der Waals surface area contributed by atoms with Crippen LogP contribution in [0.5, 0.6) is 0 Å². The second-order valence-corrected chi connectivity index (χ2v) is 5.82. The largest absolute Gasteiger partial charge is 0.321 e. The maximum Gasteiger partial charge on any atom is 0.311 e. The Labute approximate surface area is 140 Å². The van der Waals surface area contributed by atoms with Crippen LogP contribution in [-0.4, -0.2) is 42.0 Å². The van der Waals surface area contributed by atoms with Gasteiger partial charge in [-0.3, -0.25) is 10.1 Å². The highest BCUT2D eigenvalue weighted by atomic mass is 35.5. The summed E-state index contributed by atoms with van der Waals surface area (Å²) in [5.41, 5.74) is 0.822. The number of benzene rings is 1. The van der Waals surface area contributed by atoms with Crippen LogP contribution in [0.15, 0.2) is 42.6 Å². The van der Waals surface area contributed by atoms with Gasteiger partial charge in [0.1, 0.15) is 0 Å². The normalized spacial score (nSPS) is 10.8. The minimum absolute atomic E-state index is 0.00713. The number of halogens is 1. The molecule has 0 atom stereocenters. The molecule has 1 heterocycles. The van der Waals surface area contributed by atoms with Gasteiger partial charge in [0.25, 0.3) is 0 Å². The lowest BCUT2D eigenvalue weighted by molar-refractivity contribution is -0.384. The summed E-state index contributed by atoms with van der Waals surface area (Å²) in [7, 11) is 3.99. The smallest absolute Gasteiger partial charge is 0.311 e. The van der Waals surface area contributed by atoms with Gasteiger partial charge in [-0.2, -0.15) is 0 Å². The van der Waals surface area contributed by atoms with Gasteiger partial charge in [-0.05, 0) is 57.4 Å². The first-order valence-corrected chi connectivity index (χ1v) is 7.64. The van der Waals surface area contributed by atoms with Crippen molar-refractivity contribution in [3.8, 4) is 0 Å². The predicted octanol–water partition coefficient (Wildman–Crippen LogP) is 3.73. The molecule has 122 valence electrons. The first kappa shape index (κ1) is 17.2. The zero-order valence-corrected chi connectivity index (χ0v) is 13.9. The third-order valence-electron chi connectivity index (χ3n) is 3.34. The molecule has 0 unspecified atom stereocenters. The SMILES string of the molecule is CN(C)CCCN(c1ccc(Cl)cc1)c1ncccc1[N+](=O)[O-]. The average Bonchev–Trinajstić information content (AvgIpc) is 2.52. The lowest BCUT2D eigenvalue weighted by Gasteiger charge is -2.24. The Morgan fingerprint density at radius 3 is 2.48 bits per heavy atom. The molecule has 7 heteroatoms. The fourth-order valence-electron chi connectivity index (χ4n) is 2.26. The summed E-state index contributed by atoms with van der Waals surface area (Å²) in [6.07, 6.45) is 2.42. The van der Waals surface area contributed by atoms with E-state index in [1.165, 1.54) is 6.07 Å². The molecule has 23 heavy (non-hydrogen) atoms. The highest BCUT2D eigenvalue weighted by molar-refractivity contribution is 6.30. The molecule has 0 N–H and O–H groups in total. The van der Waals surface area contributed by atoms with Gasteiger partial charge < -0.3 is 9.80 Å². The first-order valence-electron chi connectivity index (χ1n) is 7.26. The Balaban J connectivity index is 2.37. The van der Waals surface area contributed by atoms with Crippen LogP contribution in [0.1, 0.15) is 6.42 Å². The third-order valence-corrected chi connectivity index (χ3v) is 3.60. The number of pyridine rings is 1. The molecule has 0 bridgehead atoms. The van der Waals surface area contributed by atoms with Crippen molar-refractivity contribution in [2.75, 3.05) is 32.1 Å². The van der Waals surface area contributed by atoms with Crippen molar-refractivity contribution in [1.82, 2.24) is 9.88 Å². The van der Waals surface area contributed by atoms with E-state index in [1.54, 1.807) is 24.4 Å². The van der Waals surface area contributed by atoms with Crippen molar-refractivity contribution in [3.63, 3.8) is 0 Å². The molecule has 0 spiro atoms. The van der Waals surface area contributed by atoms with Crippen LogP contribution in [-0.2, 0) is 0 Å². The Hall–Kier alpha value is -2.18. The van der Waals surface area contributed by atoms with Crippen LogP contribution < -0.4 is 4.90 Å². The summed E-state index contributed by atoms with van der Waals surface area (Å²) < 4.78 is 0. The Kier molecular flexibility index (Phi) is 5.90. The van der Waals surface area contributed by atoms with E-state index in [4.69, 9.17) is 11.6 Å². The summed E-state index contributed by atoms with van der Waals surface area (Å²) in [4.78, 5) is 19.1. The van der Waals surface area contributed by atoms with Gasteiger partial charge in [-0.25, -0.2) is 4.98 Å². The minimum Gasteiger partial charge on any atom is -0.321 e. The highest BCUT2D eigenvalue weighted by Gasteiger charge is 2.21. The summed E-state index contributed by atoms with van der Waals surface area (Å²) in [5.74, 6) is 0.346. The molecule has 0 aliphatic rings. The van der Waals surface area contributed by atoms with Crippen LogP contribution in [0.4, 0.5) is 17.2 Å². The molecule has 0 saturated carbocycles. The number of anilines is 2. The summed E-state index contributed by atoms with van der Waals surface area (Å²) in [6, 6.07) is 10.3. The lowest BCUT2D eigenvalue weighted by atomic mass is 10.2. The fourth-order valence-corrected chi connectivity index (χ4v) is 2.39. The Bertz CT molecular complexity index is 661. The number of aromatic nitrogens is 1. The van der Waals surface area contributed by atoms with E-state index in [1.807, 2.05) is 31.1 Å². The molecular formula is C16H19ClN4O2. The van der Waals surface area contributed by atoms with Crippen LogP contribution >= 0.6 is 11.6 Å². The maximum atomic E-state index is 11.3. The van der Waals surface area contributed by atoms with Crippen molar-refractivity contribution in [1.29, 1.82) is 0 Å². The monoisotopic (exact) mass is 334 g/mol. The molecule has 0 aliphatic carbocycles. The second kappa shape index (κ2) is 7.89. The van der Waals surface area contributed by atoms with Crippen molar-refractivity contribution < 1.29 is 4.92 Å². The molecule has 0 aliphatic heterocycles. The van der Waals surface area contributed by atoms with E-state index in [9.17, 15) is 10.1 Å². The molecule has 0 amide bonds. The van der Waals surface area contributed by atoms with E-state index >= 15 is 0 Å². The van der Waals surface area contributed by atoms with E-state index in [0.29, 0.717) is 17.4 Å². The Morgan fingerprint density at radius 2 is 1.87 bits per heavy atom. The van der Waals surface area contributed by atoms with Crippen LogP contribution in [0.25, 0.3) is 0 Å². The van der Waals surface area contributed by atoms with Gasteiger partial charge in [0.05, 0.1) is 4.92 Å². The standard InChI is InChI=1S/C16H19ClN4O2/c1-19(2)11-4-12-20(14-8-6-13(17)7-9-14)16-15(21(22)23)5-3-10-18-16/h3,5-10H,4,11-12H2,1-2H3. The lowest BCUT2D eigenvalue weighted by Crippen LogP contribution is -2.24. The van der Waals surface area contributed by atoms with Crippen molar-refractivity contribution >= 4 is 28.8 Å². The number of hydrogen-bond donors (Lipinski definition) is 0. The van der Waals surface area contributed by atoms with Crippen molar-refractivity contribution in [2.45, 2.75) is 6.42 Å². The van der Waals surface area contributed by atoms with Gasteiger partial charge in [0, 0.05) is 29.5 Å². The van der Waals surface area contributed by atoms with Crippen LogP contribution in [0, 0.1) is 10.1 Å². The highest BCUT2D eigenvalue weighted by Crippen LogP contribution is 2.32. The number of rotatable bonds is 7. The van der Waals surface area contributed by atoms with Gasteiger partial charge >= 0.3 is 5.69 Å². The van der Waals surface area contributed by atoms with E-state index in [2.05, 4.69) is 9.88 Å². The molecule has 0 fully saturated rings. The Morgan fingerprint density at radius 1 is 1.17 bits per heavy atom. The zero-order valence-electron chi connectivity index (χ0n) is 13.1. The molecule has 1 aromatic carbocycles. The summed E-state index contributed by atoms with van der Waals surface area (Å²) in [6.45, 7) is 1.50. The number of nitrogens with zero attached hydrogens (tertiary/aromatic N) is 4. The molecule has 6 nitrogen and oxygen atoms in total. The van der Waals surface area contributed by atoms with Crippen molar-refractivity contribution in [3.05, 3.63) is 57.7 Å². The maximum absolute atomic E-state index is 11.3.